The van der Waals surface area contributed by atoms with Crippen LogP contribution < -0.4 is 14.8 Å². The van der Waals surface area contributed by atoms with E-state index in [0.29, 0.717) is 29.8 Å². The highest BCUT2D eigenvalue weighted by molar-refractivity contribution is 7.92. The van der Waals surface area contributed by atoms with Crippen LogP contribution in [0.2, 0.25) is 0 Å². The SMILES string of the molecule is CCS(=O)(=O)Nc1ccc2c(c1)C(=O)N(C)[C@H]1CC[C@@H](CC(=O)N[C@H]3CCN(Cc4ccccc4)C3)O[C@H]1CO2. The standard InChI is InChI=1S/C29H38N4O6S/c1-3-40(36,37)31-21-9-12-26-24(15-21)29(35)32(2)25-11-10-23(39-27(25)19-38-26)16-28(34)30-22-13-14-33(18-22)17-20-7-5-4-6-8-20/h4-9,12,15,22-23,25,27,31H,3,10-11,13-14,16-19H2,1-2H3,(H,30,34)/t22-,23-,25-,27-/m0/s1. The number of amides is 2. The van der Waals surface area contributed by atoms with E-state index in [-0.39, 0.29) is 54.9 Å². The van der Waals surface area contributed by atoms with Gasteiger partial charge in [0, 0.05) is 38.4 Å². The van der Waals surface area contributed by atoms with Crippen molar-refractivity contribution in [1.29, 1.82) is 0 Å². The summed E-state index contributed by atoms with van der Waals surface area (Å²) in [4.78, 5) is 30.3. The van der Waals surface area contributed by atoms with Gasteiger partial charge in [-0.15, -0.1) is 0 Å². The van der Waals surface area contributed by atoms with Gasteiger partial charge >= 0.3 is 0 Å². The van der Waals surface area contributed by atoms with Gasteiger partial charge in [-0.3, -0.25) is 19.2 Å². The average Bonchev–Trinajstić information content (AvgIpc) is 3.37. The lowest BCUT2D eigenvalue weighted by atomic mass is 9.94. The summed E-state index contributed by atoms with van der Waals surface area (Å²) in [5, 5.41) is 3.19. The number of fused-ring (bicyclic) bond motifs is 2. The Morgan fingerprint density at radius 1 is 1.10 bits per heavy atom. The molecule has 11 heteroatoms. The second-order valence-electron chi connectivity index (χ2n) is 10.9. The van der Waals surface area contributed by atoms with Crippen molar-refractivity contribution in [2.75, 3.05) is 37.2 Å². The largest absolute Gasteiger partial charge is 0.490 e. The number of carbonyl (C=O) groups excluding carboxylic acids is 2. The molecular weight excluding hydrogens is 532 g/mol. The zero-order valence-corrected chi connectivity index (χ0v) is 23.9. The minimum absolute atomic E-state index is 0.0152. The maximum Gasteiger partial charge on any atom is 0.257 e. The molecule has 2 N–H and O–H groups in total. The lowest BCUT2D eigenvalue weighted by Gasteiger charge is -2.42. The van der Waals surface area contributed by atoms with Gasteiger partial charge in [0.1, 0.15) is 18.5 Å². The molecule has 0 spiro atoms. The number of anilines is 1. The molecule has 2 aromatic carbocycles. The number of hydrogen-bond donors (Lipinski definition) is 2. The molecule has 40 heavy (non-hydrogen) atoms. The third-order valence-electron chi connectivity index (χ3n) is 7.96. The normalized spacial score (nSPS) is 25.2. The van der Waals surface area contributed by atoms with E-state index in [4.69, 9.17) is 9.47 Å². The van der Waals surface area contributed by atoms with Crippen LogP contribution in [0.5, 0.6) is 5.75 Å². The smallest absolute Gasteiger partial charge is 0.257 e. The fourth-order valence-corrected chi connectivity index (χ4v) is 6.40. The molecule has 3 aliphatic rings. The van der Waals surface area contributed by atoms with Gasteiger partial charge in [0.25, 0.3) is 5.91 Å². The van der Waals surface area contributed by atoms with E-state index in [9.17, 15) is 18.0 Å². The van der Waals surface area contributed by atoms with E-state index in [0.717, 1.165) is 26.1 Å². The van der Waals surface area contributed by atoms with E-state index < -0.39 is 10.0 Å². The van der Waals surface area contributed by atoms with Gasteiger partial charge in [0.15, 0.2) is 0 Å². The number of likely N-dealkylation sites (N-methyl/N-ethyl adjacent to an activating group) is 1. The van der Waals surface area contributed by atoms with Crippen molar-refractivity contribution in [2.24, 2.45) is 0 Å². The first-order chi connectivity index (χ1) is 19.2. The topological polar surface area (TPSA) is 117 Å². The summed E-state index contributed by atoms with van der Waals surface area (Å²) in [6.45, 7) is 4.44. The van der Waals surface area contributed by atoms with Gasteiger partial charge in [-0.25, -0.2) is 8.42 Å². The Bertz CT molecular complexity index is 1320. The van der Waals surface area contributed by atoms with Crippen molar-refractivity contribution in [3.63, 3.8) is 0 Å². The number of likely N-dealkylation sites (tertiary alicyclic amines) is 1. The molecule has 0 saturated carbocycles. The van der Waals surface area contributed by atoms with Crippen LogP contribution in [0, 0.1) is 0 Å². The Morgan fingerprint density at radius 2 is 1.90 bits per heavy atom. The van der Waals surface area contributed by atoms with Crippen LogP contribution in [-0.4, -0.2) is 86.8 Å². The Kier molecular flexibility index (Phi) is 8.62. The molecule has 216 valence electrons. The fourth-order valence-electron chi connectivity index (χ4n) is 5.77. The highest BCUT2D eigenvalue weighted by Crippen LogP contribution is 2.32. The van der Waals surface area contributed by atoms with Gasteiger partial charge < -0.3 is 19.7 Å². The molecule has 5 rings (SSSR count). The molecule has 3 aliphatic heterocycles. The summed E-state index contributed by atoms with van der Waals surface area (Å²) in [7, 11) is -1.74. The Balaban J connectivity index is 1.16. The van der Waals surface area contributed by atoms with Crippen molar-refractivity contribution < 1.29 is 27.5 Å². The minimum atomic E-state index is -3.48. The average molecular weight is 571 g/mol. The lowest BCUT2D eigenvalue weighted by Crippen LogP contribution is -2.54. The predicted molar refractivity (Wildman–Crippen MR) is 152 cm³/mol. The number of nitrogens with zero attached hydrogens (tertiary/aromatic N) is 2. The molecule has 0 unspecified atom stereocenters. The molecule has 4 atom stereocenters. The van der Waals surface area contributed by atoms with Gasteiger partial charge in [0.05, 0.1) is 29.9 Å². The molecule has 2 amide bonds. The molecule has 0 bridgehead atoms. The Morgan fingerprint density at radius 3 is 2.67 bits per heavy atom. The number of sulfonamides is 1. The minimum Gasteiger partial charge on any atom is -0.490 e. The summed E-state index contributed by atoms with van der Waals surface area (Å²) in [6, 6.07) is 15.0. The first kappa shape index (κ1) is 28.4. The number of ether oxygens (including phenoxy) is 2. The van der Waals surface area contributed by atoms with E-state index in [1.165, 1.54) is 11.6 Å². The van der Waals surface area contributed by atoms with Gasteiger partial charge in [-0.05, 0) is 49.9 Å². The number of rotatable bonds is 8. The van der Waals surface area contributed by atoms with Crippen LogP contribution in [0.1, 0.15) is 48.5 Å². The second kappa shape index (κ2) is 12.2. The predicted octanol–water partition coefficient (Wildman–Crippen LogP) is 2.61. The highest BCUT2D eigenvalue weighted by atomic mass is 32.2. The molecule has 0 aliphatic carbocycles. The summed E-state index contributed by atoms with van der Waals surface area (Å²) in [5.74, 6) is 0.0312. The van der Waals surface area contributed by atoms with Crippen molar-refractivity contribution in [3.05, 3.63) is 59.7 Å². The van der Waals surface area contributed by atoms with Crippen molar-refractivity contribution in [1.82, 2.24) is 15.1 Å². The third-order valence-corrected chi connectivity index (χ3v) is 9.27. The number of hydrogen-bond acceptors (Lipinski definition) is 7. The van der Waals surface area contributed by atoms with E-state index >= 15 is 0 Å². The van der Waals surface area contributed by atoms with Crippen LogP contribution in [0.25, 0.3) is 0 Å². The zero-order valence-electron chi connectivity index (χ0n) is 23.0. The summed E-state index contributed by atoms with van der Waals surface area (Å²) in [5.41, 5.74) is 1.89. The Hall–Kier alpha value is -3.15. The van der Waals surface area contributed by atoms with Crippen LogP contribution in [0.15, 0.2) is 48.5 Å². The maximum atomic E-state index is 13.4. The molecule has 2 fully saturated rings. The molecule has 10 nitrogen and oxygen atoms in total. The molecule has 2 aromatic rings. The van der Waals surface area contributed by atoms with E-state index in [1.807, 2.05) is 18.2 Å². The number of nitrogens with one attached hydrogen (secondary N) is 2. The molecule has 2 saturated heterocycles. The molecule has 0 aromatic heterocycles. The van der Waals surface area contributed by atoms with Crippen molar-refractivity contribution >= 4 is 27.5 Å². The first-order valence-electron chi connectivity index (χ1n) is 14.0. The van der Waals surface area contributed by atoms with Crippen molar-refractivity contribution in [3.8, 4) is 5.75 Å². The van der Waals surface area contributed by atoms with E-state index in [2.05, 4.69) is 27.1 Å². The van der Waals surface area contributed by atoms with E-state index in [1.54, 1.807) is 31.0 Å². The first-order valence-corrected chi connectivity index (χ1v) is 15.6. The quantitative estimate of drug-likeness (QED) is 0.501. The lowest BCUT2D eigenvalue weighted by molar-refractivity contribution is -0.134. The molecule has 3 heterocycles. The van der Waals surface area contributed by atoms with Crippen molar-refractivity contribution in [2.45, 2.75) is 63.4 Å². The second-order valence-corrected chi connectivity index (χ2v) is 12.9. The van der Waals surface area contributed by atoms with Crippen LogP contribution in [0.3, 0.4) is 0 Å². The molecule has 0 radical (unpaired) electrons. The van der Waals surface area contributed by atoms with Crippen LogP contribution in [0.4, 0.5) is 5.69 Å². The number of carbonyl (C=O) groups is 2. The van der Waals surface area contributed by atoms with Crippen LogP contribution >= 0.6 is 0 Å². The number of benzene rings is 2. The van der Waals surface area contributed by atoms with Gasteiger partial charge in [-0.2, -0.15) is 0 Å². The fraction of sp³-hybridized carbons (Fsp3) is 0.517. The molecular formula is C29H38N4O6S. The highest BCUT2D eigenvalue weighted by Gasteiger charge is 2.39. The van der Waals surface area contributed by atoms with Crippen LogP contribution in [-0.2, 0) is 26.1 Å². The van der Waals surface area contributed by atoms with Gasteiger partial charge in [0.2, 0.25) is 15.9 Å². The Labute approximate surface area is 236 Å². The summed E-state index contributed by atoms with van der Waals surface area (Å²) < 4.78 is 38.8. The summed E-state index contributed by atoms with van der Waals surface area (Å²) >= 11 is 0. The maximum absolute atomic E-state index is 13.4. The summed E-state index contributed by atoms with van der Waals surface area (Å²) in [6.07, 6.45) is 1.91. The third kappa shape index (κ3) is 6.76. The van der Waals surface area contributed by atoms with Gasteiger partial charge in [-0.1, -0.05) is 30.3 Å². The monoisotopic (exact) mass is 570 g/mol. The zero-order chi connectivity index (χ0) is 28.3.